The van der Waals surface area contributed by atoms with E-state index in [0.29, 0.717) is 42.6 Å². The second-order valence-electron chi connectivity index (χ2n) is 7.55. The van der Waals surface area contributed by atoms with Gasteiger partial charge in [-0.15, -0.1) is 11.3 Å². The summed E-state index contributed by atoms with van der Waals surface area (Å²) in [6.45, 7) is 1.72. The van der Waals surface area contributed by atoms with Crippen molar-refractivity contribution in [3.63, 3.8) is 0 Å². The fourth-order valence-electron chi connectivity index (χ4n) is 3.56. The zero-order chi connectivity index (χ0) is 23.4. The molecule has 3 aromatic rings. The second kappa shape index (κ2) is 9.75. The standard InChI is InChI=1S/C22H21F3N4O3S/c23-22(24,25)16-4-1-2-5-17(16)27-19(30)13-28-7-9-29(10-8-28)20(31)12-15-14-33-21(26-15)18-6-3-11-32-18/h1-6,11,14H,7-10,12-13H2,(H,27,30). The fraction of sp³-hybridized carbons (Fsp3) is 0.318. The number of carbonyl (C=O) groups is 2. The molecular weight excluding hydrogens is 457 g/mol. The predicted octanol–water partition coefficient (Wildman–Crippen LogP) is 3.75. The smallest absolute Gasteiger partial charge is 0.418 e. The van der Waals surface area contributed by atoms with E-state index >= 15 is 0 Å². The number of hydrogen-bond acceptors (Lipinski definition) is 6. The molecule has 3 heterocycles. The maximum Gasteiger partial charge on any atom is 0.418 e. The zero-order valence-corrected chi connectivity index (χ0v) is 18.3. The second-order valence-corrected chi connectivity index (χ2v) is 8.40. The highest BCUT2D eigenvalue weighted by atomic mass is 32.1. The quantitative estimate of drug-likeness (QED) is 0.584. The number of carbonyl (C=O) groups excluding carboxylic acids is 2. The zero-order valence-electron chi connectivity index (χ0n) is 17.5. The number of halogens is 3. The first-order chi connectivity index (χ1) is 15.8. The van der Waals surface area contributed by atoms with Crippen LogP contribution in [0.15, 0.2) is 52.5 Å². The van der Waals surface area contributed by atoms with E-state index in [9.17, 15) is 22.8 Å². The molecular formula is C22H21F3N4O3S. The van der Waals surface area contributed by atoms with Crippen molar-refractivity contribution < 1.29 is 27.2 Å². The molecule has 0 radical (unpaired) electrons. The molecule has 174 valence electrons. The number of rotatable bonds is 6. The molecule has 0 aliphatic carbocycles. The molecule has 1 aliphatic heterocycles. The number of amides is 2. The lowest BCUT2D eigenvalue weighted by Crippen LogP contribution is -2.50. The van der Waals surface area contributed by atoms with Crippen molar-refractivity contribution in [2.45, 2.75) is 12.6 Å². The van der Waals surface area contributed by atoms with Gasteiger partial charge in [-0.25, -0.2) is 4.98 Å². The number of benzene rings is 1. The minimum Gasteiger partial charge on any atom is -0.462 e. The summed E-state index contributed by atoms with van der Waals surface area (Å²) in [7, 11) is 0. The Morgan fingerprint density at radius 2 is 1.85 bits per heavy atom. The van der Waals surface area contributed by atoms with Crippen LogP contribution >= 0.6 is 11.3 Å². The molecule has 1 saturated heterocycles. The van der Waals surface area contributed by atoms with Crippen molar-refractivity contribution in [1.29, 1.82) is 0 Å². The van der Waals surface area contributed by atoms with Crippen molar-refractivity contribution in [1.82, 2.24) is 14.8 Å². The van der Waals surface area contributed by atoms with Gasteiger partial charge in [-0.1, -0.05) is 12.1 Å². The monoisotopic (exact) mass is 478 g/mol. The number of nitrogens with one attached hydrogen (secondary N) is 1. The van der Waals surface area contributed by atoms with Gasteiger partial charge in [0.25, 0.3) is 0 Å². The van der Waals surface area contributed by atoms with E-state index < -0.39 is 17.6 Å². The van der Waals surface area contributed by atoms with Crippen molar-refractivity contribution in [2.75, 3.05) is 38.0 Å². The van der Waals surface area contributed by atoms with Crippen LogP contribution in [0.25, 0.3) is 10.8 Å². The lowest BCUT2D eigenvalue weighted by molar-refractivity contribution is -0.137. The largest absolute Gasteiger partial charge is 0.462 e. The number of anilines is 1. The van der Waals surface area contributed by atoms with E-state index in [-0.39, 0.29) is 24.6 Å². The third kappa shape index (κ3) is 5.79. The number of thiazole rings is 1. The minimum absolute atomic E-state index is 0.0488. The highest BCUT2D eigenvalue weighted by Gasteiger charge is 2.33. The average Bonchev–Trinajstić information content (AvgIpc) is 3.46. The van der Waals surface area contributed by atoms with Gasteiger partial charge >= 0.3 is 6.18 Å². The van der Waals surface area contributed by atoms with Gasteiger partial charge in [-0.05, 0) is 24.3 Å². The predicted molar refractivity (Wildman–Crippen MR) is 117 cm³/mol. The molecule has 1 aromatic carbocycles. The molecule has 0 saturated carbocycles. The summed E-state index contributed by atoms with van der Waals surface area (Å²) in [4.78, 5) is 32.9. The van der Waals surface area contributed by atoms with Crippen LogP contribution in [-0.2, 0) is 22.2 Å². The number of furan rings is 1. The summed E-state index contributed by atoms with van der Waals surface area (Å²) < 4.78 is 44.6. The van der Waals surface area contributed by atoms with Crippen LogP contribution in [-0.4, -0.2) is 59.3 Å². The summed E-state index contributed by atoms with van der Waals surface area (Å²) >= 11 is 1.41. The molecule has 1 fully saturated rings. The van der Waals surface area contributed by atoms with Crippen LogP contribution in [0, 0.1) is 0 Å². The number of piperazine rings is 1. The van der Waals surface area contributed by atoms with E-state index in [1.807, 2.05) is 16.3 Å². The van der Waals surface area contributed by atoms with Gasteiger partial charge < -0.3 is 14.6 Å². The Morgan fingerprint density at radius 3 is 2.55 bits per heavy atom. The summed E-state index contributed by atoms with van der Waals surface area (Å²) in [6.07, 6.45) is -2.81. The Kier molecular flexibility index (Phi) is 6.80. The van der Waals surface area contributed by atoms with Crippen LogP contribution in [0.1, 0.15) is 11.3 Å². The number of aromatic nitrogens is 1. The summed E-state index contributed by atoms with van der Waals surface area (Å²) in [5.74, 6) is 0.0670. The first-order valence-electron chi connectivity index (χ1n) is 10.2. The Hall–Kier alpha value is -3.18. The topological polar surface area (TPSA) is 78.7 Å². The maximum atomic E-state index is 13.1. The Balaban J connectivity index is 1.25. The lowest BCUT2D eigenvalue weighted by Gasteiger charge is -2.34. The summed E-state index contributed by atoms with van der Waals surface area (Å²) in [5.41, 5.74) is -0.478. The first-order valence-corrected chi connectivity index (χ1v) is 11.1. The van der Waals surface area contributed by atoms with Crippen molar-refractivity contribution in [2.24, 2.45) is 0 Å². The highest BCUT2D eigenvalue weighted by Crippen LogP contribution is 2.34. The molecule has 2 aromatic heterocycles. The van der Waals surface area contributed by atoms with Gasteiger partial charge in [0.15, 0.2) is 10.8 Å². The van der Waals surface area contributed by atoms with Crippen molar-refractivity contribution >= 4 is 28.8 Å². The number of nitrogens with zero attached hydrogens (tertiary/aromatic N) is 3. The molecule has 33 heavy (non-hydrogen) atoms. The van der Waals surface area contributed by atoms with E-state index in [0.717, 1.165) is 6.07 Å². The van der Waals surface area contributed by atoms with E-state index in [4.69, 9.17) is 4.42 Å². The average molecular weight is 478 g/mol. The van der Waals surface area contributed by atoms with E-state index in [1.54, 1.807) is 17.2 Å². The van der Waals surface area contributed by atoms with Gasteiger partial charge in [-0.3, -0.25) is 14.5 Å². The van der Waals surface area contributed by atoms with Crippen molar-refractivity contribution in [3.05, 3.63) is 59.3 Å². The van der Waals surface area contributed by atoms with Crippen LogP contribution in [0.5, 0.6) is 0 Å². The molecule has 1 aliphatic rings. The third-order valence-corrected chi connectivity index (χ3v) is 6.12. The van der Waals surface area contributed by atoms with E-state index in [1.165, 1.54) is 29.5 Å². The SMILES string of the molecule is O=C(CN1CCN(C(=O)Cc2csc(-c3ccco3)n2)CC1)Nc1ccccc1C(F)(F)F. The molecule has 0 spiro atoms. The normalized spacial score (nSPS) is 14.9. The number of hydrogen-bond donors (Lipinski definition) is 1. The molecule has 7 nitrogen and oxygen atoms in total. The molecule has 0 bridgehead atoms. The van der Waals surface area contributed by atoms with Crippen LogP contribution in [0.2, 0.25) is 0 Å². The van der Waals surface area contributed by atoms with Crippen molar-refractivity contribution in [3.8, 4) is 10.8 Å². The first kappa shape index (κ1) is 23.0. The van der Waals surface area contributed by atoms with Gasteiger partial charge in [0.05, 0.1) is 36.2 Å². The molecule has 11 heteroatoms. The fourth-order valence-corrected chi connectivity index (χ4v) is 4.34. The number of para-hydroxylation sites is 1. The molecule has 2 amide bonds. The molecule has 0 unspecified atom stereocenters. The van der Waals surface area contributed by atoms with Crippen LogP contribution < -0.4 is 5.32 Å². The van der Waals surface area contributed by atoms with Gasteiger partial charge in [0.1, 0.15) is 0 Å². The highest BCUT2D eigenvalue weighted by molar-refractivity contribution is 7.13. The molecule has 0 atom stereocenters. The Labute approximate surface area is 191 Å². The summed E-state index contributed by atoms with van der Waals surface area (Å²) in [5, 5.41) is 4.89. The summed E-state index contributed by atoms with van der Waals surface area (Å²) in [6, 6.07) is 8.46. The molecule has 4 rings (SSSR count). The minimum atomic E-state index is -4.55. The van der Waals surface area contributed by atoms with Gasteiger partial charge in [-0.2, -0.15) is 13.2 Å². The van der Waals surface area contributed by atoms with E-state index in [2.05, 4.69) is 10.3 Å². The van der Waals surface area contributed by atoms with Crippen LogP contribution in [0.4, 0.5) is 18.9 Å². The maximum absolute atomic E-state index is 13.1. The van der Waals surface area contributed by atoms with Gasteiger partial charge in [0, 0.05) is 31.6 Å². The molecule has 1 N–H and O–H groups in total. The van der Waals surface area contributed by atoms with Gasteiger partial charge in [0.2, 0.25) is 11.8 Å². The Bertz CT molecular complexity index is 1110. The Morgan fingerprint density at radius 1 is 1.09 bits per heavy atom. The third-order valence-electron chi connectivity index (χ3n) is 5.21. The van der Waals surface area contributed by atoms with Crippen LogP contribution in [0.3, 0.4) is 0 Å². The lowest BCUT2D eigenvalue weighted by atomic mass is 10.1. The number of alkyl halides is 3.